The van der Waals surface area contributed by atoms with E-state index in [1.54, 1.807) is 6.07 Å². The molecule has 1 aromatic heterocycles. The number of nitrogens with zero attached hydrogens (tertiary/aromatic N) is 1. The second kappa shape index (κ2) is 7.07. The lowest BCUT2D eigenvalue weighted by Gasteiger charge is -2.16. The molecule has 0 saturated carbocycles. The Morgan fingerprint density at radius 3 is 2.38 bits per heavy atom. The van der Waals surface area contributed by atoms with E-state index < -0.39 is 5.95 Å². The molecule has 21 heavy (non-hydrogen) atoms. The van der Waals surface area contributed by atoms with E-state index in [0.717, 1.165) is 17.0 Å². The number of benzene rings is 1. The van der Waals surface area contributed by atoms with E-state index in [1.807, 2.05) is 31.2 Å². The van der Waals surface area contributed by atoms with Gasteiger partial charge in [-0.2, -0.15) is 4.39 Å². The lowest BCUT2D eigenvalue weighted by Crippen LogP contribution is -2.07. The Hall–Kier alpha value is -2.10. The Morgan fingerprint density at radius 1 is 1.10 bits per heavy atom. The minimum atomic E-state index is -0.472. The minimum Gasteiger partial charge on any atom is -0.493 e. The quantitative estimate of drug-likeness (QED) is 0.798. The zero-order chi connectivity index (χ0) is 15.2. The molecule has 2 aromatic rings. The summed E-state index contributed by atoms with van der Waals surface area (Å²) in [4.78, 5) is 3.63. The lowest BCUT2D eigenvalue weighted by molar-refractivity contribution is 0.271. The van der Waals surface area contributed by atoms with Crippen LogP contribution in [-0.2, 0) is 0 Å². The van der Waals surface area contributed by atoms with Gasteiger partial charge < -0.3 is 10.1 Å². The number of hydrogen-bond acceptors (Lipinski definition) is 3. The van der Waals surface area contributed by atoms with Crippen molar-refractivity contribution in [3.05, 3.63) is 54.1 Å². The summed E-state index contributed by atoms with van der Waals surface area (Å²) in [6.07, 6.45) is 1.49. The zero-order valence-corrected chi connectivity index (χ0v) is 12.6. The van der Waals surface area contributed by atoms with Crippen molar-refractivity contribution in [2.24, 2.45) is 5.92 Å². The van der Waals surface area contributed by atoms with E-state index in [9.17, 15) is 4.39 Å². The van der Waals surface area contributed by atoms with Crippen LogP contribution in [-0.4, -0.2) is 11.6 Å². The van der Waals surface area contributed by atoms with Crippen LogP contribution < -0.4 is 10.1 Å². The first kappa shape index (κ1) is 15.3. The van der Waals surface area contributed by atoms with Crippen molar-refractivity contribution in [2.75, 3.05) is 11.9 Å². The standard InChI is InChI=1S/C17H21FN2O/c1-12(2)11-21-16-7-4-14(5-8-16)13(3)20-15-6-9-17(18)19-10-15/h4-10,12-13,20H,11H2,1-3H3. The topological polar surface area (TPSA) is 34.1 Å². The van der Waals surface area contributed by atoms with Crippen molar-refractivity contribution in [1.29, 1.82) is 0 Å². The molecule has 0 aliphatic carbocycles. The van der Waals surface area contributed by atoms with E-state index in [1.165, 1.54) is 12.3 Å². The van der Waals surface area contributed by atoms with E-state index in [4.69, 9.17) is 4.74 Å². The maximum Gasteiger partial charge on any atom is 0.212 e. The number of nitrogens with one attached hydrogen (secondary N) is 1. The van der Waals surface area contributed by atoms with Gasteiger partial charge in [0, 0.05) is 6.04 Å². The molecule has 0 aliphatic heterocycles. The Kier molecular flexibility index (Phi) is 5.14. The summed E-state index contributed by atoms with van der Waals surface area (Å²) >= 11 is 0. The summed E-state index contributed by atoms with van der Waals surface area (Å²) < 4.78 is 18.4. The average molecular weight is 288 g/mol. The highest BCUT2D eigenvalue weighted by molar-refractivity contribution is 5.43. The fraction of sp³-hybridized carbons (Fsp3) is 0.353. The molecule has 0 saturated heterocycles. The Morgan fingerprint density at radius 2 is 1.81 bits per heavy atom. The molecular formula is C17H21FN2O. The first-order valence-electron chi connectivity index (χ1n) is 7.15. The predicted molar refractivity (Wildman–Crippen MR) is 83.0 cm³/mol. The van der Waals surface area contributed by atoms with Crippen LogP contribution in [0, 0.1) is 11.9 Å². The van der Waals surface area contributed by atoms with Crippen molar-refractivity contribution in [1.82, 2.24) is 4.98 Å². The number of halogens is 1. The summed E-state index contributed by atoms with van der Waals surface area (Å²) in [5, 5.41) is 3.29. The van der Waals surface area contributed by atoms with Crippen molar-refractivity contribution < 1.29 is 9.13 Å². The number of rotatable bonds is 6. The highest BCUT2D eigenvalue weighted by Crippen LogP contribution is 2.21. The molecule has 0 spiro atoms. The number of anilines is 1. The third-order valence-corrected chi connectivity index (χ3v) is 3.07. The van der Waals surface area contributed by atoms with Gasteiger partial charge >= 0.3 is 0 Å². The molecule has 1 atom stereocenters. The molecule has 112 valence electrons. The van der Waals surface area contributed by atoms with Crippen LogP contribution in [0.5, 0.6) is 5.75 Å². The summed E-state index contributed by atoms with van der Waals surface area (Å²) in [6, 6.07) is 11.1. The molecule has 1 aromatic carbocycles. The SMILES string of the molecule is CC(C)COc1ccc(C(C)Nc2ccc(F)nc2)cc1. The fourth-order valence-electron chi connectivity index (χ4n) is 1.91. The maximum absolute atomic E-state index is 12.8. The average Bonchev–Trinajstić information content (AvgIpc) is 2.48. The molecule has 0 aliphatic rings. The first-order valence-corrected chi connectivity index (χ1v) is 7.15. The van der Waals surface area contributed by atoms with Gasteiger partial charge in [0.05, 0.1) is 18.5 Å². The van der Waals surface area contributed by atoms with Crippen molar-refractivity contribution >= 4 is 5.69 Å². The van der Waals surface area contributed by atoms with Crippen LogP contribution in [0.1, 0.15) is 32.4 Å². The Balaban J connectivity index is 1.96. The van der Waals surface area contributed by atoms with Crippen LogP contribution >= 0.6 is 0 Å². The van der Waals surface area contributed by atoms with Crippen LogP contribution in [0.2, 0.25) is 0 Å². The predicted octanol–water partition coefficient (Wildman–Crippen LogP) is 4.43. The Bertz CT molecular complexity index is 552. The Labute approximate surface area is 125 Å². The lowest BCUT2D eigenvalue weighted by atomic mass is 10.1. The number of hydrogen-bond donors (Lipinski definition) is 1. The van der Waals surface area contributed by atoms with E-state index in [-0.39, 0.29) is 6.04 Å². The summed E-state index contributed by atoms with van der Waals surface area (Å²) in [5.74, 6) is 0.916. The molecule has 1 heterocycles. The minimum absolute atomic E-state index is 0.108. The van der Waals surface area contributed by atoms with Gasteiger partial charge in [-0.1, -0.05) is 26.0 Å². The summed E-state index contributed by atoms with van der Waals surface area (Å²) in [7, 11) is 0. The molecule has 0 fully saturated rings. The van der Waals surface area contributed by atoms with Crippen molar-refractivity contribution in [3.8, 4) is 5.75 Å². The molecule has 0 bridgehead atoms. The van der Waals surface area contributed by atoms with Crippen molar-refractivity contribution in [3.63, 3.8) is 0 Å². The van der Waals surface area contributed by atoms with Gasteiger partial charge in [0.15, 0.2) is 0 Å². The molecule has 4 heteroatoms. The second-order valence-corrected chi connectivity index (χ2v) is 5.51. The van der Waals surface area contributed by atoms with Crippen LogP contribution in [0.25, 0.3) is 0 Å². The second-order valence-electron chi connectivity index (χ2n) is 5.51. The molecule has 3 nitrogen and oxygen atoms in total. The van der Waals surface area contributed by atoms with E-state index in [0.29, 0.717) is 12.5 Å². The van der Waals surface area contributed by atoms with Gasteiger partial charge in [-0.3, -0.25) is 0 Å². The molecule has 1 unspecified atom stereocenters. The van der Waals surface area contributed by atoms with Gasteiger partial charge in [0.2, 0.25) is 5.95 Å². The van der Waals surface area contributed by atoms with Crippen molar-refractivity contribution in [2.45, 2.75) is 26.8 Å². The van der Waals surface area contributed by atoms with Gasteiger partial charge in [0.25, 0.3) is 0 Å². The monoisotopic (exact) mass is 288 g/mol. The van der Waals surface area contributed by atoms with Gasteiger partial charge in [-0.05, 0) is 42.7 Å². The summed E-state index contributed by atoms with van der Waals surface area (Å²) in [5.41, 5.74) is 1.93. The van der Waals surface area contributed by atoms with E-state index >= 15 is 0 Å². The molecule has 1 N–H and O–H groups in total. The molecule has 2 rings (SSSR count). The van der Waals surface area contributed by atoms with Gasteiger partial charge in [-0.15, -0.1) is 0 Å². The van der Waals surface area contributed by atoms with Crippen LogP contribution in [0.4, 0.5) is 10.1 Å². The highest BCUT2D eigenvalue weighted by Gasteiger charge is 2.06. The van der Waals surface area contributed by atoms with Crippen LogP contribution in [0.15, 0.2) is 42.6 Å². The zero-order valence-electron chi connectivity index (χ0n) is 12.6. The van der Waals surface area contributed by atoms with Gasteiger partial charge in [-0.25, -0.2) is 4.98 Å². The molecule has 0 radical (unpaired) electrons. The first-order chi connectivity index (χ1) is 10.0. The smallest absolute Gasteiger partial charge is 0.212 e. The summed E-state index contributed by atoms with van der Waals surface area (Å²) in [6.45, 7) is 7.01. The third kappa shape index (κ3) is 4.74. The highest BCUT2D eigenvalue weighted by atomic mass is 19.1. The largest absolute Gasteiger partial charge is 0.493 e. The number of aromatic nitrogens is 1. The van der Waals surface area contributed by atoms with E-state index in [2.05, 4.69) is 24.1 Å². The maximum atomic E-state index is 12.8. The normalized spacial score (nSPS) is 12.2. The molecule has 0 amide bonds. The van der Waals surface area contributed by atoms with Gasteiger partial charge in [0.1, 0.15) is 5.75 Å². The third-order valence-electron chi connectivity index (χ3n) is 3.07. The fourth-order valence-corrected chi connectivity index (χ4v) is 1.91. The van der Waals surface area contributed by atoms with Crippen LogP contribution in [0.3, 0.4) is 0 Å². The number of pyridine rings is 1. The number of ether oxygens (including phenoxy) is 1. The molecular weight excluding hydrogens is 267 g/mol.